The highest BCUT2D eigenvalue weighted by molar-refractivity contribution is 9.18. The molecule has 0 fully saturated rings. The second-order valence-corrected chi connectivity index (χ2v) is 11.4. The summed E-state index contributed by atoms with van der Waals surface area (Å²) in [7, 11) is -4.75. The molecule has 0 saturated heterocycles. The average Bonchev–Trinajstić information content (AvgIpc) is 2.82. The molecule has 0 aliphatic heterocycles. The van der Waals surface area contributed by atoms with E-state index < -0.39 is 69.2 Å². The highest BCUT2D eigenvalue weighted by Gasteiger charge is 2.28. The Labute approximate surface area is 237 Å². The van der Waals surface area contributed by atoms with Crippen molar-refractivity contribution in [3.63, 3.8) is 0 Å². The van der Waals surface area contributed by atoms with Gasteiger partial charge < -0.3 is 34.5 Å². The van der Waals surface area contributed by atoms with E-state index in [4.69, 9.17) is 28.0 Å². The molecule has 0 radical (unpaired) electrons. The highest BCUT2D eigenvalue weighted by Crippen LogP contribution is 2.43. The van der Waals surface area contributed by atoms with Crippen LogP contribution in [0.5, 0.6) is 0 Å². The van der Waals surface area contributed by atoms with Crippen molar-refractivity contribution in [1.29, 1.82) is 0 Å². The van der Waals surface area contributed by atoms with Gasteiger partial charge in [0.1, 0.15) is 13.2 Å². The molecule has 0 aromatic rings. The van der Waals surface area contributed by atoms with Crippen LogP contribution in [-0.4, -0.2) is 92.5 Å². The fourth-order valence-corrected chi connectivity index (χ4v) is 3.68. The maximum atomic E-state index is 12.4. The molecule has 0 aromatic heterocycles. The van der Waals surface area contributed by atoms with Crippen molar-refractivity contribution in [2.24, 2.45) is 11.8 Å². The van der Waals surface area contributed by atoms with E-state index in [1.54, 1.807) is 0 Å². The highest BCUT2D eigenvalue weighted by atomic mass is 79.9. The quantitative estimate of drug-likeness (QED) is 0.0510. The third-order valence-electron chi connectivity index (χ3n) is 4.42. The number of esters is 3. The van der Waals surface area contributed by atoms with Crippen molar-refractivity contribution in [1.82, 2.24) is 10.6 Å². The van der Waals surface area contributed by atoms with Crippen LogP contribution < -0.4 is 10.6 Å². The molecule has 0 bridgehead atoms. The van der Waals surface area contributed by atoms with E-state index in [9.17, 15) is 28.6 Å². The van der Waals surface area contributed by atoms with Crippen molar-refractivity contribution in [3.8, 4) is 0 Å². The standard InChI is InChI=1S/C23H42BrN2O12P/c1-16(2)10-25-8-6-21(28)34-13-19(37-22(29)7-9-26-11-17(3)4)14-35-39(31,32)36-15-20(38-23(24)30)12-33-18(5)27/h16-17,19-20,25-26H,6-15H2,1-5H3,(H,31,32)/t19?,20-/m1/s1. The number of carbonyl (C=O) groups excluding carboxylic acids is 4. The van der Waals surface area contributed by atoms with Gasteiger partial charge in [0.2, 0.25) is 0 Å². The summed E-state index contributed by atoms with van der Waals surface area (Å²) in [5.41, 5.74) is 0. The zero-order valence-electron chi connectivity index (χ0n) is 23.1. The number of ether oxygens (including phenoxy) is 4. The van der Waals surface area contributed by atoms with E-state index in [-0.39, 0.29) is 12.8 Å². The van der Waals surface area contributed by atoms with Crippen LogP contribution in [0.3, 0.4) is 0 Å². The maximum absolute atomic E-state index is 12.4. The molecular formula is C23H42BrN2O12P. The van der Waals surface area contributed by atoms with Crippen molar-refractivity contribution in [2.45, 2.75) is 59.7 Å². The molecule has 0 aliphatic carbocycles. The minimum absolute atomic E-state index is 0.0132. The van der Waals surface area contributed by atoms with E-state index in [1.807, 2.05) is 27.7 Å². The third-order valence-corrected chi connectivity index (χ3v) is 5.56. The number of phosphoric ester groups is 1. The van der Waals surface area contributed by atoms with Gasteiger partial charge in [-0.25, -0.2) is 9.36 Å². The largest absolute Gasteiger partial charge is 0.472 e. The third kappa shape index (κ3) is 24.0. The van der Waals surface area contributed by atoms with Crippen LogP contribution in [-0.2, 0) is 46.9 Å². The van der Waals surface area contributed by atoms with E-state index in [0.29, 0.717) is 31.5 Å². The molecule has 0 spiro atoms. The lowest BCUT2D eigenvalue weighted by Gasteiger charge is -2.21. The van der Waals surface area contributed by atoms with E-state index >= 15 is 0 Å². The first-order valence-corrected chi connectivity index (χ1v) is 14.9. The van der Waals surface area contributed by atoms with Crippen LogP contribution in [0.25, 0.3) is 0 Å². The summed E-state index contributed by atoms with van der Waals surface area (Å²) >= 11 is 2.54. The Balaban J connectivity index is 4.95. The molecule has 0 amide bonds. The zero-order valence-corrected chi connectivity index (χ0v) is 25.6. The van der Waals surface area contributed by atoms with Gasteiger partial charge in [0.25, 0.3) is 0 Å². The first-order chi connectivity index (χ1) is 18.2. The molecular weight excluding hydrogens is 607 g/mol. The van der Waals surface area contributed by atoms with Gasteiger partial charge in [0.15, 0.2) is 12.2 Å². The predicted octanol–water partition coefficient (Wildman–Crippen LogP) is 2.31. The Hall–Kier alpha value is -1.61. The van der Waals surface area contributed by atoms with Crippen LogP contribution in [0.4, 0.5) is 4.79 Å². The number of rotatable bonds is 22. The van der Waals surface area contributed by atoms with Crippen molar-refractivity contribution >= 4 is 46.5 Å². The lowest BCUT2D eigenvalue weighted by atomic mass is 10.2. The Morgan fingerprint density at radius 1 is 0.769 bits per heavy atom. The number of phosphoric acid groups is 1. The van der Waals surface area contributed by atoms with E-state index in [2.05, 4.69) is 26.6 Å². The van der Waals surface area contributed by atoms with Gasteiger partial charge in [-0.05, 0) is 24.9 Å². The molecule has 0 heterocycles. The Kier molecular flexibility index (Phi) is 20.3. The van der Waals surface area contributed by atoms with Crippen molar-refractivity contribution < 1.29 is 56.6 Å². The molecule has 0 aromatic carbocycles. The van der Waals surface area contributed by atoms with Crippen LogP contribution in [0.15, 0.2) is 0 Å². The second kappa shape index (κ2) is 21.2. The molecule has 0 saturated carbocycles. The number of halogens is 1. The normalized spacial score (nSPS) is 14.4. The van der Waals surface area contributed by atoms with Crippen LogP contribution in [0, 0.1) is 11.8 Å². The van der Waals surface area contributed by atoms with Gasteiger partial charge in [-0.3, -0.25) is 23.4 Å². The van der Waals surface area contributed by atoms with E-state index in [1.165, 1.54) is 0 Å². The van der Waals surface area contributed by atoms with Crippen molar-refractivity contribution in [2.75, 3.05) is 52.6 Å². The average molecular weight is 649 g/mol. The number of carbonyl (C=O) groups is 4. The van der Waals surface area contributed by atoms with Gasteiger partial charge in [0, 0.05) is 35.9 Å². The lowest BCUT2D eigenvalue weighted by molar-refractivity contribution is -0.161. The summed E-state index contributed by atoms with van der Waals surface area (Å²) < 4.78 is 42.1. The minimum atomic E-state index is -4.75. The molecule has 14 nitrogen and oxygen atoms in total. The summed E-state index contributed by atoms with van der Waals surface area (Å²) in [6.07, 6.45) is -2.32. The van der Waals surface area contributed by atoms with Gasteiger partial charge in [-0.2, -0.15) is 0 Å². The first kappa shape index (κ1) is 37.4. The smallest absolute Gasteiger partial charge is 0.462 e. The number of hydrogen-bond acceptors (Lipinski definition) is 13. The fraction of sp³-hybridized carbons (Fsp3) is 0.826. The first-order valence-electron chi connectivity index (χ1n) is 12.6. The zero-order chi connectivity index (χ0) is 29.8. The summed E-state index contributed by atoms with van der Waals surface area (Å²) in [6.45, 7) is 9.27. The second-order valence-electron chi connectivity index (χ2n) is 9.33. The molecule has 3 N–H and O–H groups in total. The molecule has 39 heavy (non-hydrogen) atoms. The van der Waals surface area contributed by atoms with Gasteiger partial charge in [-0.15, -0.1) is 0 Å². The summed E-state index contributed by atoms with van der Waals surface area (Å²) in [6, 6.07) is 0. The van der Waals surface area contributed by atoms with Gasteiger partial charge >= 0.3 is 30.6 Å². The van der Waals surface area contributed by atoms with Crippen molar-refractivity contribution in [3.05, 3.63) is 0 Å². The molecule has 3 atom stereocenters. The Morgan fingerprint density at radius 3 is 1.69 bits per heavy atom. The van der Waals surface area contributed by atoms with Gasteiger partial charge in [0.05, 0.1) is 26.1 Å². The Bertz CT molecular complexity index is 799. The Morgan fingerprint density at radius 2 is 1.23 bits per heavy atom. The molecule has 0 aliphatic rings. The van der Waals surface area contributed by atoms with E-state index in [0.717, 1.165) is 13.5 Å². The summed E-state index contributed by atoms with van der Waals surface area (Å²) in [5, 5.41) is 6.19. The monoisotopic (exact) mass is 648 g/mol. The molecule has 2 unspecified atom stereocenters. The topological polar surface area (TPSA) is 185 Å². The molecule has 228 valence electrons. The van der Waals surface area contributed by atoms with Gasteiger partial charge in [-0.1, -0.05) is 27.7 Å². The predicted molar refractivity (Wildman–Crippen MR) is 143 cm³/mol. The fourth-order valence-electron chi connectivity index (χ4n) is 2.63. The number of nitrogens with one attached hydrogen (secondary N) is 2. The summed E-state index contributed by atoms with van der Waals surface area (Å²) in [5.74, 6) is -1.05. The lowest BCUT2D eigenvalue weighted by Crippen LogP contribution is -2.32. The van der Waals surface area contributed by atoms with Crippen LogP contribution in [0.1, 0.15) is 47.5 Å². The molecule has 0 rings (SSSR count). The SMILES string of the molecule is CC(=O)OC[C@H](COP(=O)(O)OCC(COC(=O)CCNCC(C)C)OC(=O)CCNCC(C)C)OC(=O)Br. The van der Waals surface area contributed by atoms with Crippen LogP contribution >= 0.6 is 23.8 Å². The maximum Gasteiger partial charge on any atom is 0.472 e. The molecule has 16 heteroatoms. The summed E-state index contributed by atoms with van der Waals surface area (Å²) in [4.78, 5) is 55.6. The minimum Gasteiger partial charge on any atom is -0.462 e. The van der Waals surface area contributed by atoms with Crippen LogP contribution in [0.2, 0.25) is 0 Å². The number of hydrogen-bond donors (Lipinski definition) is 3.